The zero-order valence-electron chi connectivity index (χ0n) is 51.3. The van der Waals surface area contributed by atoms with Gasteiger partial charge in [0.05, 0.1) is 0 Å². The molecule has 0 N–H and O–H groups in total. The van der Waals surface area contributed by atoms with E-state index in [9.17, 15) is 0 Å². The lowest BCUT2D eigenvalue weighted by Crippen LogP contribution is -2.61. The lowest BCUT2D eigenvalue weighted by atomic mass is 9.33. The molecule has 0 amide bonds. The van der Waals surface area contributed by atoms with E-state index in [1.54, 1.807) is 0 Å². The van der Waals surface area contributed by atoms with Crippen molar-refractivity contribution in [2.24, 2.45) is 0 Å². The van der Waals surface area contributed by atoms with E-state index in [-0.39, 0.29) is 28.4 Å². The van der Waals surface area contributed by atoms with Crippen molar-refractivity contribution < 1.29 is 0 Å². The molecule has 0 radical (unpaired) electrons. The second kappa shape index (κ2) is 20.9. The minimum Gasteiger partial charge on any atom is -0.311 e. The van der Waals surface area contributed by atoms with Crippen molar-refractivity contribution in [1.82, 2.24) is 15.0 Å². The second-order valence-electron chi connectivity index (χ2n) is 27.4. The summed E-state index contributed by atoms with van der Waals surface area (Å²) < 4.78 is 0. The lowest BCUT2D eigenvalue weighted by molar-refractivity contribution is 0.568. The Bertz CT molecular complexity index is 4080. The monoisotopic (exact) mass is 1100 g/mol. The zero-order valence-corrected chi connectivity index (χ0v) is 51.3. The van der Waals surface area contributed by atoms with Gasteiger partial charge in [-0.3, -0.25) is 0 Å². The molecule has 0 spiro atoms. The van der Waals surface area contributed by atoms with E-state index in [2.05, 4.69) is 317 Å². The van der Waals surface area contributed by atoms with Crippen molar-refractivity contribution in [2.45, 2.75) is 105 Å². The maximum Gasteiger partial charge on any atom is 0.252 e. The molecule has 0 saturated carbocycles. The van der Waals surface area contributed by atoms with Crippen LogP contribution >= 0.6 is 0 Å². The van der Waals surface area contributed by atoms with Gasteiger partial charge < -0.3 is 9.80 Å². The van der Waals surface area contributed by atoms with E-state index in [0.717, 1.165) is 61.9 Å². The van der Waals surface area contributed by atoms with Crippen LogP contribution in [0.3, 0.4) is 0 Å². The van der Waals surface area contributed by atoms with Gasteiger partial charge >= 0.3 is 0 Å². The van der Waals surface area contributed by atoms with E-state index in [1.807, 2.05) is 6.07 Å². The summed E-state index contributed by atoms with van der Waals surface area (Å²) >= 11 is 0. The van der Waals surface area contributed by atoms with E-state index in [1.165, 1.54) is 60.9 Å². The van der Waals surface area contributed by atoms with Crippen LogP contribution in [0.25, 0.3) is 67.5 Å². The van der Waals surface area contributed by atoms with E-state index in [4.69, 9.17) is 15.0 Å². The van der Waals surface area contributed by atoms with Crippen molar-refractivity contribution in [2.75, 3.05) is 9.80 Å². The minimum absolute atomic E-state index is 0.146. The van der Waals surface area contributed by atoms with E-state index < -0.39 is 0 Å². The van der Waals surface area contributed by atoms with Gasteiger partial charge in [0.25, 0.3) is 6.71 Å². The Kier molecular flexibility index (Phi) is 13.5. The van der Waals surface area contributed by atoms with Crippen LogP contribution < -0.4 is 26.2 Å². The predicted octanol–water partition coefficient (Wildman–Crippen LogP) is 19.1. The molecule has 0 fully saturated rings. The van der Waals surface area contributed by atoms with Crippen LogP contribution in [0.15, 0.2) is 231 Å². The molecule has 11 aromatic rings. The summed E-state index contributed by atoms with van der Waals surface area (Å²) in [5.41, 5.74) is 24.5. The fourth-order valence-corrected chi connectivity index (χ4v) is 12.4. The Morgan fingerprint density at radius 1 is 0.271 bits per heavy atom. The van der Waals surface area contributed by atoms with Crippen molar-refractivity contribution in [1.29, 1.82) is 0 Å². The van der Waals surface area contributed by atoms with Gasteiger partial charge in [-0.1, -0.05) is 265 Å². The number of rotatable bonds is 8. The number of hydrogen-bond donors (Lipinski definition) is 0. The molecule has 418 valence electrons. The normalized spacial score (nSPS) is 13.1. The van der Waals surface area contributed by atoms with E-state index >= 15 is 0 Å². The highest BCUT2D eigenvalue weighted by Crippen LogP contribution is 2.49. The lowest BCUT2D eigenvalue weighted by Gasteiger charge is -2.45. The molecule has 5 nitrogen and oxygen atoms in total. The first-order valence-corrected chi connectivity index (χ1v) is 30.1. The number of aromatic nitrogens is 3. The van der Waals surface area contributed by atoms with Gasteiger partial charge in [0, 0.05) is 50.8 Å². The maximum absolute atomic E-state index is 5.65. The Labute approximate surface area is 504 Å². The molecule has 0 unspecified atom stereocenters. The Morgan fingerprint density at radius 3 is 1.01 bits per heavy atom. The molecule has 13 rings (SSSR count). The number of fused-ring (bicyclic) bond motifs is 4. The van der Waals surface area contributed by atoms with Gasteiger partial charge in [-0.2, -0.15) is 0 Å². The molecule has 6 heteroatoms. The van der Waals surface area contributed by atoms with Crippen LogP contribution in [-0.2, 0) is 21.7 Å². The minimum atomic E-state index is -0.184. The van der Waals surface area contributed by atoms with Gasteiger partial charge in [-0.25, -0.2) is 15.0 Å². The first-order valence-electron chi connectivity index (χ1n) is 30.1. The van der Waals surface area contributed by atoms with Crippen molar-refractivity contribution in [3.63, 3.8) is 0 Å². The quantitative estimate of drug-likeness (QED) is 0.142. The van der Waals surface area contributed by atoms with Crippen LogP contribution in [0.2, 0.25) is 0 Å². The SMILES string of the molecule is CC(C)(C)c1cc(N2c3ccc(-c4ccccc4)cc3B3c4cc(-c5ccccc5)ccc4N(c4cc(C(C)(C)C)cc(C(C)(C)C)c4)c4cc(-c5nc(-c6ccccc6)nc(-c6ccccc6-c6ccccc6)n5)cc2c43)cc(C(C)(C)C)c1. The Balaban J connectivity index is 1.19. The van der Waals surface area contributed by atoms with Crippen molar-refractivity contribution in [3.05, 3.63) is 253 Å². The van der Waals surface area contributed by atoms with E-state index in [0.29, 0.717) is 17.5 Å². The molecule has 0 bridgehead atoms. The first kappa shape index (κ1) is 55.1. The molecular weight excluding hydrogens is 1030 g/mol. The molecule has 0 atom stereocenters. The molecule has 2 aliphatic rings. The molecule has 1 aromatic heterocycles. The van der Waals surface area contributed by atoms with Crippen LogP contribution in [0.5, 0.6) is 0 Å². The fourth-order valence-electron chi connectivity index (χ4n) is 12.4. The molecule has 10 aromatic carbocycles. The van der Waals surface area contributed by atoms with Gasteiger partial charge in [-0.05, 0) is 142 Å². The second-order valence-corrected chi connectivity index (χ2v) is 27.4. The van der Waals surface area contributed by atoms with Crippen LogP contribution in [0.1, 0.15) is 105 Å². The van der Waals surface area contributed by atoms with Crippen LogP contribution in [-0.4, -0.2) is 21.7 Å². The average Bonchev–Trinajstić information content (AvgIpc) is 0.820. The number of nitrogens with zero attached hydrogens (tertiary/aromatic N) is 5. The molecule has 85 heavy (non-hydrogen) atoms. The van der Waals surface area contributed by atoms with Gasteiger partial charge in [0.2, 0.25) is 0 Å². The fraction of sp³-hybridized carbons (Fsp3) is 0.203. The summed E-state index contributed by atoms with van der Waals surface area (Å²) in [6, 6.07) is 85.0. The van der Waals surface area contributed by atoms with Gasteiger partial charge in [0.15, 0.2) is 17.5 Å². The third kappa shape index (κ3) is 10.4. The summed E-state index contributed by atoms with van der Waals surface area (Å²) in [7, 11) is 0. The third-order valence-corrected chi connectivity index (χ3v) is 17.3. The highest BCUT2D eigenvalue weighted by molar-refractivity contribution is 7.00. The summed E-state index contributed by atoms with van der Waals surface area (Å²) in [6.07, 6.45) is 0. The molecule has 2 aliphatic heterocycles. The predicted molar refractivity (Wildman–Crippen MR) is 361 cm³/mol. The Hall–Kier alpha value is -9.13. The molecular formula is C79H74BN5. The maximum atomic E-state index is 5.65. The largest absolute Gasteiger partial charge is 0.311 e. The standard InChI is InChI=1S/C79H74BN5/c1-76(2,3)58-45-59(77(4,5)6)48-62(47-58)84-68-39-37-55(51-27-17-13-18-28-51)41-66(68)80-67-42-56(52-29-19-14-20-30-52)38-40-69(67)85(63-49-60(78(7,8)9)46-61(50-63)79(10,11)12)71-44-57(43-70(84)72(71)80)74-81-73(54-33-23-16-24-34-54)82-75(83-74)65-36-26-25-35-64(65)53-31-21-15-22-32-53/h13-50H,1-12H3. The van der Waals surface area contributed by atoms with Gasteiger partial charge in [-0.15, -0.1) is 0 Å². The summed E-state index contributed by atoms with van der Waals surface area (Å²) in [4.78, 5) is 21.7. The van der Waals surface area contributed by atoms with Crippen molar-refractivity contribution >= 4 is 57.2 Å². The zero-order chi connectivity index (χ0) is 59.2. The third-order valence-electron chi connectivity index (χ3n) is 17.3. The topological polar surface area (TPSA) is 45.2 Å². The van der Waals surface area contributed by atoms with Gasteiger partial charge in [0.1, 0.15) is 0 Å². The van der Waals surface area contributed by atoms with Crippen LogP contribution in [0.4, 0.5) is 34.1 Å². The van der Waals surface area contributed by atoms with Crippen molar-refractivity contribution in [3.8, 4) is 67.5 Å². The molecule has 0 saturated heterocycles. The van der Waals surface area contributed by atoms with Crippen LogP contribution in [0, 0.1) is 0 Å². The average molecular weight is 1100 g/mol. The molecule has 3 heterocycles. The first-order chi connectivity index (χ1) is 40.7. The Morgan fingerprint density at radius 2 is 0.612 bits per heavy atom. The molecule has 0 aliphatic carbocycles. The number of anilines is 6. The highest BCUT2D eigenvalue weighted by atomic mass is 15.2. The smallest absolute Gasteiger partial charge is 0.252 e. The summed E-state index contributed by atoms with van der Waals surface area (Å²) in [6.45, 7) is 27.8. The highest BCUT2D eigenvalue weighted by Gasteiger charge is 2.45. The number of benzene rings is 10. The number of hydrogen-bond acceptors (Lipinski definition) is 5. The summed E-state index contributed by atoms with van der Waals surface area (Å²) in [5.74, 6) is 1.81. The summed E-state index contributed by atoms with van der Waals surface area (Å²) in [5, 5.41) is 0.